The van der Waals surface area contributed by atoms with Gasteiger partial charge in [0.25, 0.3) is 0 Å². The van der Waals surface area contributed by atoms with Gasteiger partial charge in [-0.1, -0.05) is 18.2 Å². The summed E-state index contributed by atoms with van der Waals surface area (Å²) >= 11 is 0. The molecule has 194 valence electrons. The van der Waals surface area contributed by atoms with E-state index in [1.165, 1.54) is 10.5 Å². The number of rotatable bonds is 7. The monoisotopic (exact) mass is 494 g/mol. The quantitative estimate of drug-likeness (QED) is 0.509. The average Bonchev–Trinajstić information content (AvgIpc) is 2.84. The van der Waals surface area contributed by atoms with Crippen LogP contribution in [0.2, 0.25) is 0 Å². The molecule has 3 rings (SSSR count). The van der Waals surface area contributed by atoms with Crippen LogP contribution in [-0.4, -0.2) is 49.5 Å². The summed E-state index contributed by atoms with van der Waals surface area (Å²) in [6.45, 7) is 5.44. The van der Waals surface area contributed by atoms with E-state index in [4.69, 9.17) is 4.74 Å². The molecule has 8 nitrogen and oxygen atoms in total. The molecule has 1 fully saturated rings. The SMILES string of the molecule is COc1ccc(C)cc1NC(=O)Nc1ccc(C2CCC(C(=O)NC(C)(C)C(=O)N(C)C)CC2)cc1. The number of benzene rings is 2. The van der Waals surface area contributed by atoms with Crippen LogP contribution in [0.25, 0.3) is 0 Å². The van der Waals surface area contributed by atoms with E-state index < -0.39 is 5.54 Å². The van der Waals surface area contributed by atoms with Crippen LogP contribution in [0.4, 0.5) is 16.2 Å². The van der Waals surface area contributed by atoms with E-state index in [0.717, 1.165) is 31.2 Å². The van der Waals surface area contributed by atoms with Crippen molar-refractivity contribution in [3.8, 4) is 5.75 Å². The van der Waals surface area contributed by atoms with Crippen LogP contribution < -0.4 is 20.7 Å². The van der Waals surface area contributed by atoms with E-state index in [1.807, 2.05) is 49.4 Å². The van der Waals surface area contributed by atoms with Crippen LogP contribution in [0.1, 0.15) is 56.6 Å². The van der Waals surface area contributed by atoms with E-state index in [-0.39, 0.29) is 23.8 Å². The van der Waals surface area contributed by atoms with Crippen molar-refractivity contribution in [2.24, 2.45) is 5.92 Å². The summed E-state index contributed by atoms with van der Waals surface area (Å²) in [6.07, 6.45) is 3.37. The maximum atomic E-state index is 12.8. The van der Waals surface area contributed by atoms with Crippen molar-refractivity contribution in [2.75, 3.05) is 31.8 Å². The molecule has 0 heterocycles. The Morgan fingerprint density at radius 1 is 0.944 bits per heavy atom. The second kappa shape index (κ2) is 11.5. The number of anilines is 2. The number of nitrogens with one attached hydrogen (secondary N) is 3. The lowest BCUT2D eigenvalue weighted by atomic mass is 9.78. The molecule has 0 aliphatic heterocycles. The highest BCUT2D eigenvalue weighted by molar-refractivity contribution is 6.00. The van der Waals surface area contributed by atoms with Crippen molar-refractivity contribution in [3.63, 3.8) is 0 Å². The third-order valence-electron chi connectivity index (χ3n) is 6.72. The van der Waals surface area contributed by atoms with E-state index in [1.54, 1.807) is 35.1 Å². The molecule has 0 unspecified atom stereocenters. The fourth-order valence-electron chi connectivity index (χ4n) is 4.75. The molecule has 36 heavy (non-hydrogen) atoms. The summed E-state index contributed by atoms with van der Waals surface area (Å²) < 4.78 is 5.32. The number of amides is 4. The molecule has 0 saturated heterocycles. The largest absolute Gasteiger partial charge is 0.495 e. The molecule has 2 aromatic carbocycles. The number of hydrogen-bond donors (Lipinski definition) is 3. The average molecular weight is 495 g/mol. The predicted molar refractivity (Wildman–Crippen MR) is 142 cm³/mol. The molecule has 3 N–H and O–H groups in total. The maximum Gasteiger partial charge on any atom is 0.323 e. The van der Waals surface area contributed by atoms with Crippen molar-refractivity contribution < 1.29 is 19.1 Å². The molecule has 0 atom stereocenters. The molecule has 8 heteroatoms. The first-order chi connectivity index (χ1) is 17.0. The second-order valence-electron chi connectivity index (χ2n) is 10.3. The van der Waals surface area contributed by atoms with Crippen LogP contribution in [0.3, 0.4) is 0 Å². The minimum atomic E-state index is -0.920. The van der Waals surface area contributed by atoms with Gasteiger partial charge in [0.1, 0.15) is 11.3 Å². The van der Waals surface area contributed by atoms with Crippen LogP contribution in [0, 0.1) is 12.8 Å². The second-order valence-corrected chi connectivity index (χ2v) is 10.3. The van der Waals surface area contributed by atoms with Crippen molar-refractivity contribution in [2.45, 2.75) is 57.9 Å². The first kappa shape index (κ1) is 27.0. The Balaban J connectivity index is 1.52. The summed E-state index contributed by atoms with van der Waals surface area (Å²) in [5.74, 6) is 0.710. The topological polar surface area (TPSA) is 99.8 Å². The van der Waals surface area contributed by atoms with Crippen LogP contribution in [0.15, 0.2) is 42.5 Å². The molecule has 1 saturated carbocycles. The highest BCUT2D eigenvalue weighted by Gasteiger charge is 2.34. The maximum absolute atomic E-state index is 12.8. The molecular weight excluding hydrogens is 456 g/mol. The van der Waals surface area contributed by atoms with E-state index >= 15 is 0 Å². The molecule has 1 aliphatic rings. The Hall–Kier alpha value is -3.55. The summed E-state index contributed by atoms with van der Waals surface area (Å²) in [5.41, 5.74) is 2.61. The molecule has 0 aromatic heterocycles. The standard InChI is InChI=1S/C28H38N4O4/c1-18-7-16-24(36-6)23(17-18)30-27(35)29-22-14-12-20(13-15-22)19-8-10-21(11-9-19)25(33)31-28(2,3)26(34)32(4)5/h7,12-17,19,21H,8-11H2,1-6H3,(H,31,33)(H2,29,30,35). The fourth-order valence-corrected chi connectivity index (χ4v) is 4.75. The molecule has 0 bridgehead atoms. The van der Waals surface area contributed by atoms with Crippen molar-refractivity contribution in [1.29, 1.82) is 0 Å². The number of aryl methyl sites for hydroxylation is 1. The van der Waals surface area contributed by atoms with Gasteiger partial charge in [-0.2, -0.15) is 0 Å². The lowest BCUT2D eigenvalue weighted by molar-refractivity contribution is -0.139. The summed E-state index contributed by atoms with van der Waals surface area (Å²) in [5, 5.41) is 8.63. The molecular formula is C28H38N4O4. The van der Waals surface area contributed by atoms with Gasteiger partial charge in [0.15, 0.2) is 0 Å². The summed E-state index contributed by atoms with van der Waals surface area (Å²) in [6, 6.07) is 13.1. The van der Waals surface area contributed by atoms with Gasteiger partial charge in [0, 0.05) is 25.7 Å². The minimum Gasteiger partial charge on any atom is -0.495 e. The van der Waals surface area contributed by atoms with Gasteiger partial charge in [0.2, 0.25) is 11.8 Å². The summed E-state index contributed by atoms with van der Waals surface area (Å²) in [4.78, 5) is 39.1. The summed E-state index contributed by atoms with van der Waals surface area (Å²) in [7, 11) is 4.95. The zero-order chi connectivity index (χ0) is 26.5. The smallest absolute Gasteiger partial charge is 0.323 e. The minimum absolute atomic E-state index is 0.0514. The van der Waals surface area contributed by atoms with Gasteiger partial charge < -0.3 is 25.6 Å². The highest BCUT2D eigenvalue weighted by atomic mass is 16.5. The lowest BCUT2D eigenvalue weighted by Gasteiger charge is -2.33. The molecule has 4 amide bonds. The van der Waals surface area contributed by atoms with Crippen LogP contribution in [-0.2, 0) is 9.59 Å². The number of hydrogen-bond acceptors (Lipinski definition) is 4. The van der Waals surface area contributed by atoms with Gasteiger partial charge >= 0.3 is 6.03 Å². The van der Waals surface area contributed by atoms with Gasteiger partial charge in [-0.3, -0.25) is 9.59 Å². The van der Waals surface area contributed by atoms with Crippen molar-refractivity contribution in [3.05, 3.63) is 53.6 Å². The van der Waals surface area contributed by atoms with Gasteiger partial charge in [-0.05, 0) is 87.8 Å². The molecule has 2 aromatic rings. The number of likely N-dealkylation sites (N-methyl/N-ethyl adjacent to an activating group) is 1. The van der Waals surface area contributed by atoms with E-state index in [9.17, 15) is 14.4 Å². The first-order valence-electron chi connectivity index (χ1n) is 12.4. The van der Waals surface area contributed by atoms with Crippen LogP contribution >= 0.6 is 0 Å². The van der Waals surface area contributed by atoms with Crippen LogP contribution in [0.5, 0.6) is 5.75 Å². The Morgan fingerprint density at radius 3 is 2.17 bits per heavy atom. The Morgan fingerprint density at radius 2 is 1.58 bits per heavy atom. The van der Waals surface area contributed by atoms with Gasteiger partial charge in [-0.25, -0.2) is 4.79 Å². The fraction of sp³-hybridized carbons (Fsp3) is 0.464. The number of methoxy groups -OCH3 is 1. The third-order valence-corrected chi connectivity index (χ3v) is 6.72. The van der Waals surface area contributed by atoms with Crippen molar-refractivity contribution >= 4 is 29.2 Å². The van der Waals surface area contributed by atoms with E-state index in [0.29, 0.717) is 23.0 Å². The highest BCUT2D eigenvalue weighted by Crippen LogP contribution is 2.36. The van der Waals surface area contributed by atoms with Gasteiger partial charge in [0.05, 0.1) is 12.8 Å². The van der Waals surface area contributed by atoms with Gasteiger partial charge in [-0.15, -0.1) is 0 Å². The zero-order valence-corrected chi connectivity index (χ0v) is 22.1. The number of carbonyl (C=O) groups is 3. The third kappa shape index (κ3) is 6.77. The predicted octanol–water partition coefficient (Wildman–Crippen LogP) is 4.90. The lowest BCUT2D eigenvalue weighted by Crippen LogP contribution is -2.55. The zero-order valence-electron chi connectivity index (χ0n) is 22.1. The normalized spacial score (nSPS) is 17.6. The number of carbonyl (C=O) groups excluding carboxylic acids is 3. The first-order valence-corrected chi connectivity index (χ1v) is 12.4. The number of urea groups is 1. The number of ether oxygens (including phenoxy) is 1. The van der Waals surface area contributed by atoms with E-state index in [2.05, 4.69) is 16.0 Å². The Labute approximate surface area is 213 Å². The Bertz CT molecular complexity index is 1090. The molecule has 1 aliphatic carbocycles. The molecule has 0 spiro atoms. The number of nitrogens with zero attached hydrogens (tertiary/aromatic N) is 1. The Kier molecular flexibility index (Phi) is 8.61. The van der Waals surface area contributed by atoms with Crippen molar-refractivity contribution in [1.82, 2.24) is 10.2 Å². The molecule has 0 radical (unpaired) electrons.